The molecular weight excluding hydrogens is 345 g/mol. The maximum Gasteiger partial charge on any atom is 0.317 e. The summed E-state index contributed by atoms with van der Waals surface area (Å²) in [5.74, 6) is 0.669. The molecular formula is C21H26FN3O2. The Hall–Kier alpha value is -2.60. The zero-order chi connectivity index (χ0) is 19.1. The van der Waals surface area contributed by atoms with E-state index >= 15 is 0 Å². The van der Waals surface area contributed by atoms with Gasteiger partial charge in [-0.2, -0.15) is 0 Å². The van der Waals surface area contributed by atoms with Crippen molar-refractivity contribution in [3.63, 3.8) is 0 Å². The second kappa shape index (κ2) is 9.37. The number of amides is 2. The molecule has 2 aromatic carbocycles. The largest absolute Gasteiger partial charge is 0.496 e. The van der Waals surface area contributed by atoms with E-state index in [-0.39, 0.29) is 11.8 Å². The first kappa shape index (κ1) is 19.2. The molecule has 0 radical (unpaired) electrons. The minimum atomic E-state index is -0.225. The monoisotopic (exact) mass is 371 g/mol. The van der Waals surface area contributed by atoms with Gasteiger partial charge in [0.05, 0.1) is 7.11 Å². The smallest absolute Gasteiger partial charge is 0.317 e. The highest BCUT2D eigenvalue weighted by molar-refractivity contribution is 5.74. The van der Waals surface area contributed by atoms with Gasteiger partial charge < -0.3 is 15.0 Å². The molecule has 0 saturated carbocycles. The third-order valence-electron chi connectivity index (χ3n) is 4.87. The summed E-state index contributed by atoms with van der Waals surface area (Å²) in [6.45, 7) is 4.24. The number of benzene rings is 2. The molecule has 6 heteroatoms. The molecule has 3 rings (SSSR count). The van der Waals surface area contributed by atoms with Crippen LogP contribution >= 0.6 is 0 Å². The van der Waals surface area contributed by atoms with Crippen molar-refractivity contribution in [1.82, 2.24) is 15.1 Å². The lowest BCUT2D eigenvalue weighted by atomic mass is 10.1. The molecule has 1 N–H and O–H groups in total. The first-order valence-corrected chi connectivity index (χ1v) is 9.28. The molecule has 2 amide bonds. The minimum absolute atomic E-state index is 0.0803. The van der Waals surface area contributed by atoms with Crippen LogP contribution in [-0.4, -0.2) is 55.7 Å². The Morgan fingerprint density at radius 1 is 1.04 bits per heavy atom. The zero-order valence-electron chi connectivity index (χ0n) is 15.7. The molecule has 1 fully saturated rings. The van der Waals surface area contributed by atoms with Crippen molar-refractivity contribution in [2.45, 2.75) is 13.0 Å². The topological polar surface area (TPSA) is 44.8 Å². The summed E-state index contributed by atoms with van der Waals surface area (Å²) in [5, 5.41) is 2.89. The van der Waals surface area contributed by atoms with E-state index in [1.165, 1.54) is 6.07 Å². The van der Waals surface area contributed by atoms with E-state index in [1.54, 1.807) is 25.3 Å². The molecule has 1 aliphatic rings. The first-order valence-electron chi connectivity index (χ1n) is 9.28. The number of urea groups is 1. The Morgan fingerprint density at radius 2 is 1.70 bits per heavy atom. The average molecular weight is 371 g/mol. The van der Waals surface area contributed by atoms with E-state index in [4.69, 9.17) is 4.74 Å². The van der Waals surface area contributed by atoms with E-state index in [9.17, 15) is 9.18 Å². The molecule has 1 aliphatic heterocycles. The molecule has 1 saturated heterocycles. The van der Waals surface area contributed by atoms with Crippen molar-refractivity contribution < 1.29 is 13.9 Å². The highest BCUT2D eigenvalue weighted by Gasteiger charge is 2.21. The van der Waals surface area contributed by atoms with Crippen LogP contribution in [0.5, 0.6) is 5.75 Å². The quantitative estimate of drug-likeness (QED) is 0.849. The van der Waals surface area contributed by atoms with Gasteiger partial charge in [-0.3, -0.25) is 4.90 Å². The summed E-state index contributed by atoms with van der Waals surface area (Å²) in [6.07, 6.45) is 0.492. The summed E-state index contributed by atoms with van der Waals surface area (Å²) in [4.78, 5) is 16.5. The Balaban J connectivity index is 1.42. The fourth-order valence-corrected chi connectivity index (χ4v) is 3.30. The van der Waals surface area contributed by atoms with Crippen LogP contribution in [0, 0.1) is 5.82 Å². The lowest BCUT2D eigenvalue weighted by molar-refractivity contribution is 0.134. The fourth-order valence-electron chi connectivity index (χ4n) is 3.30. The summed E-state index contributed by atoms with van der Waals surface area (Å²) < 4.78 is 19.0. The summed E-state index contributed by atoms with van der Waals surface area (Å²) >= 11 is 0. The van der Waals surface area contributed by atoms with Gasteiger partial charge >= 0.3 is 6.03 Å². The number of halogens is 1. The van der Waals surface area contributed by atoms with Gasteiger partial charge in [0.25, 0.3) is 0 Å². The second-order valence-corrected chi connectivity index (χ2v) is 6.65. The second-order valence-electron chi connectivity index (χ2n) is 6.65. The molecule has 0 bridgehead atoms. The van der Waals surface area contributed by atoms with Crippen LogP contribution in [0.3, 0.4) is 0 Å². The van der Waals surface area contributed by atoms with Crippen molar-refractivity contribution in [3.05, 3.63) is 65.5 Å². The molecule has 5 nitrogen and oxygen atoms in total. The van der Waals surface area contributed by atoms with Crippen LogP contribution in [-0.2, 0) is 13.0 Å². The van der Waals surface area contributed by atoms with Crippen molar-refractivity contribution >= 4 is 6.03 Å². The number of ether oxygens (including phenoxy) is 1. The minimum Gasteiger partial charge on any atom is -0.496 e. The molecule has 0 aromatic heterocycles. The van der Waals surface area contributed by atoms with E-state index in [0.29, 0.717) is 31.6 Å². The third-order valence-corrected chi connectivity index (χ3v) is 4.87. The summed E-state index contributed by atoms with van der Waals surface area (Å²) in [5.41, 5.74) is 1.78. The molecule has 144 valence electrons. The normalized spacial score (nSPS) is 14.8. The predicted molar refractivity (Wildman–Crippen MR) is 103 cm³/mol. The molecule has 2 aromatic rings. The Labute approximate surface area is 159 Å². The zero-order valence-corrected chi connectivity index (χ0v) is 15.7. The lowest BCUT2D eigenvalue weighted by Crippen LogP contribution is -2.51. The van der Waals surface area contributed by atoms with E-state index in [0.717, 1.165) is 30.9 Å². The van der Waals surface area contributed by atoms with Gasteiger partial charge in [-0.1, -0.05) is 36.4 Å². The van der Waals surface area contributed by atoms with Crippen LogP contribution in [0.4, 0.5) is 9.18 Å². The van der Waals surface area contributed by atoms with Crippen LogP contribution in [0.2, 0.25) is 0 Å². The maximum absolute atomic E-state index is 13.6. The van der Waals surface area contributed by atoms with Crippen molar-refractivity contribution in [3.8, 4) is 5.75 Å². The highest BCUT2D eigenvalue weighted by Crippen LogP contribution is 2.20. The van der Waals surface area contributed by atoms with Crippen LogP contribution in [0.1, 0.15) is 11.1 Å². The molecule has 0 aliphatic carbocycles. The van der Waals surface area contributed by atoms with Crippen molar-refractivity contribution in [2.75, 3.05) is 39.8 Å². The van der Waals surface area contributed by atoms with Gasteiger partial charge in [-0.05, 0) is 24.1 Å². The van der Waals surface area contributed by atoms with Gasteiger partial charge in [-0.25, -0.2) is 9.18 Å². The number of para-hydroxylation sites is 1. The Morgan fingerprint density at radius 3 is 2.41 bits per heavy atom. The average Bonchev–Trinajstić information content (AvgIpc) is 2.70. The summed E-state index contributed by atoms with van der Waals surface area (Å²) in [6, 6.07) is 14.6. The van der Waals surface area contributed by atoms with Gasteiger partial charge in [0, 0.05) is 44.8 Å². The van der Waals surface area contributed by atoms with Gasteiger partial charge in [0.2, 0.25) is 0 Å². The van der Waals surface area contributed by atoms with Crippen molar-refractivity contribution in [1.29, 1.82) is 0 Å². The third kappa shape index (κ3) is 5.20. The molecule has 0 atom stereocenters. The standard InChI is InChI=1S/C21H26FN3O2/c1-27-20-9-5-3-7-18(20)16-24-12-14-25(15-13-24)21(26)23-11-10-17-6-2-4-8-19(17)22/h2-9H,10-16H2,1H3,(H,23,26). The number of methoxy groups -OCH3 is 1. The number of nitrogens with zero attached hydrogens (tertiary/aromatic N) is 2. The Kier molecular flexibility index (Phi) is 6.65. The molecule has 0 spiro atoms. The number of hydrogen-bond acceptors (Lipinski definition) is 3. The molecule has 1 heterocycles. The van der Waals surface area contributed by atoms with Crippen LogP contribution in [0.25, 0.3) is 0 Å². The molecule has 27 heavy (non-hydrogen) atoms. The van der Waals surface area contributed by atoms with Crippen LogP contribution in [0.15, 0.2) is 48.5 Å². The van der Waals surface area contributed by atoms with Gasteiger partial charge in [-0.15, -0.1) is 0 Å². The van der Waals surface area contributed by atoms with Crippen LogP contribution < -0.4 is 10.1 Å². The summed E-state index contributed by atoms with van der Waals surface area (Å²) in [7, 11) is 1.68. The maximum atomic E-state index is 13.6. The fraction of sp³-hybridized carbons (Fsp3) is 0.381. The number of nitrogens with one attached hydrogen (secondary N) is 1. The number of rotatable bonds is 6. The van der Waals surface area contributed by atoms with Gasteiger partial charge in [0.15, 0.2) is 0 Å². The number of hydrogen-bond donors (Lipinski definition) is 1. The molecule has 0 unspecified atom stereocenters. The lowest BCUT2D eigenvalue weighted by Gasteiger charge is -2.34. The van der Waals surface area contributed by atoms with E-state index < -0.39 is 0 Å². The highest BCUT2D eigenvalue weighted by atomic mass is 19.1. The van der Waals surface area contributed by atoms with Gasteiger partial charge in [0.1, 0.15) is 11.6 Å². The van der Waals surface area contributed by atoms with Crippen molar-refractivity contribution in [2.24, 2.45) is 0 Å². The number of piperazine rings is 1. The Bertz CT molecular complexity index is 761. The predicted octanol–water partition coefficient (Wildman–Crippen LogP) is 2.90. The number of carbonyl (C=O) groups excluding carboxylic acids is 1. The number of carbonyl (C=O) groups is 1. The SMILES string of the molecule is COc1ccccc1CN1CCN(C(=O)NCCc2ccccc2F)CC1. The van der Waals surface area contributed by atoms with E-state index in [2.05, 4.69) is 16.3 Å². The van der Waals surface area contributed by atoms with E-state index in [1.807, 2.05) is 23.1 Å². The first-order chi connectivity index (χ1) is 13.2.